The largest absolute Gasteiger partial charge is 0.322 e. The normalized spacial score (nSPS) is 12.3. The lowest BCUT2D eigenvalue weighted by Gasteiger charge is -2.18. The van der Waals surface area contributed by atoms with Crippen molar-refractivity contribution < 1.29 is 9.59 Å². The second kappa shape index (κ2) is 9.94. The van der Waals surface area contributed by atoms with Gasteiger partial charge in [0.2, 0.25) is 5.91 Å². The fourth-order valence-electron chi connectivity index (χ4n) is 4.56. The van der Waals surface area contributed by atoms with Gasteiger partial charge in [0.25, 0.3) is 5.91 Å². The van der Waals surface area contributed by atoms with Crippen LogP contribution in [0.4, 0.5) is 11.4 Å². The van der Waals surface area contributed by atoms with Crippen molar-refractivity contribution in [3.8, 4) is 11.1 Å². The van der Waals surface area contributed by atoms with Gasteiger partial charge in [0.1, 0.15) is 0 Å². The molecule has 5 rings (SSSR count). The van der Waals surface area contributed by atoms with Crippen molar-refractivity contribution in [2.45, 2.75) is 26.2 Å². The number of carbonyl (C=O) groups excluding carboxylic acids is 2. The molecule has 0 unspecified atom stereocenters. The van der Waals surface area contributed by atoms with Crippen molar-refractivity contribution in [2.24, 2.45) is 0 Å². The Morgan fingerprint density at radius 1 is 0.943 bits per heavy atom. The van der Waals surface area contributed by atoms with Gasteiger partial charge in [-0.3, -0.25) is 14.6 Å². The zero-order valence-electron chi connectivity index (χ0n) is 19.7. The van der Waals surface area contributed by atoms with Crippen molar-refractivity contribution in [1.82, 2.24) is 4.98 Å². The average molecular weight is 462 g/mol. The van der Waals surface area contributed by atoms with Crippen LogP contribution < -0.4 is 10.2 Å². The molecule has 1 aromatic heterocycles. The highest BCUT2D eigenvalue weighted by molar-refractivity contribution is 6.09. The smallest absolute Gasteiger partial charge is 0.256 e. The number of nitrogens with zero attached hydrogens (tertiary/aromatic N) is 2. The van der Waals surface area contributed by atoms with E-state index in [0.717, 1.165) is 52.2 Å². The lowest BCUT2D eigenvalue weighted by atomic mass is 9.96. The van der Waals surface area contributed by atoms with Crippen LogP contribution in [0.1, 0.15) is 34.1 Å². The number of carbonyl (C=O) groups is 2. The molecule has 174 valence electrons. The summed E-state index contributed by atoms with van der Waals surface area (Å²) in [4.78, 5) is 32.3. The highest BCUT2D eigenvalue weighted by Crippen LogP contribution is 2.32. The fraction of sp³-hybridized carbons (Fsp3) is 0.167. The molecular weight excluding hydrogens is 434 g/mol. The summed E-state index contributed by atoms with van der Waals surface area (Å²) in [6.45, 7) is 2.72. The monoisotopic (exact) mass is 461 g/mol. The van der Waals surface area contributed by atoms with Crippen LogP contribution in [0.5, 0.6) is 0 Å². The summed E-state index contributed by atoms with van der Waals surface area (Å²) in [5.74, 6) is -0.108. The molecule has 0 fully saturated rings. The number of hydrogen-bond acceptors (Lipinski definition) is 3. The second-order valence-corrected chi connectivity index (χ2v) is 8.69. The zero-order valence-corrected chi connectivity index (χ0v) is 19.7. The summed E-state index contributed by atoms with van der Waals surface area (Å²) in [6.07, 6.45) is 3.59. The molecule has 3 aromatic carbocycles. The van der Waals surface area contributed by atoms with Crippen molar-refractivity contribution >= 4 is 23.2 Å². The maximum absolute atomic E-state index is 13.4. The van der Waals surface area contributed by atoms with Gasteiger partial charge in [0.15, 0.2) is 0 Å². The Labute approximate surface area is 205 Å². The molecule has 2 amide bonds. The summed E-state index contributed by atoms with van der Waals surface area (Å²) in [5.41, 5.74) is 7.15. The van der Waals surface area contributed by atoms with Gasteiger partial charge in [0, 0.05) is 35.4 Å². The van der Waals surface area contributed by atoms with Gasteiger partial charge in [-0.2, -0.15) is 0 Å². The molecule has 0 aliphatic carbocycles. The second-order valence-electron chi connectivity index (χ2n) is 8.69. The van der Waals surface area contributed by atoms with Crippen molar-refractivity contribution in [3.05, 3.63) is 114 Å². The predicted molar refractivity (Wildman–Crippen MR) is 140 cm³/mol. The third kappa shape index (κ3) is 4.85. The van der Waals surface area contributed by atoms with E-state index >= 15 is 0 Å². The maximum Gasteiger partial charge on any atom is 0.256 e. The van der Waals surface area contributed by atoms with E-state index in [4.69, 9.17) is 0 Å². The highest BCUT2D eigenvalue weighted by atomic mass is 16.2. The van der Waals surface area contributed by atoms with Gasteiger partial charge in [0.05, 0.1) is 6.42 Å². The number of benzene rings is 3. The summed E-state index contributed by atoms with van der Waals surface area (Å²) < 4.78 is 0. The van der Waals surface area contributed by atoms with Gasteiger partial charge in [-0.15, -0.1) is 0 Å². The lowest BCUT2D eigenvalue weighted by Crippen LogP contribution is -2.30. The molecule has 0 radical (unpaired) electrons. The molecule has 1 aliphatic heterocycles. The standard InChI is InChI=1S/C30H27N3O2/c1-2-21-11-13-26(22-8-4-3-5-9-22)27(18-21)30(35)32-25-12-14-28-23(19-25)15-17-33(28)29(34)20-24-10-6-7-16-31-24/h3-14,16,18-19H,2,15,17,20H2,1H3,(H,32,35). The van der Waals surface area contributed by atoms with Gasteiger partial charge in [-0.1, -0.05) is 55.5 Å². The van der Waals surface area contributed by atoms with Crippen LogP contribution in [0.15, 0.2) is 91.1 Å². The molecule has 0 saturated carbocycles. The number of aromatic nitrogens is 1. The molecule has 4 aromatic rings. The van der Waals surface area contributed by atoms with Crippen LogP contribution in [0, 0.1) is 0 Å². The summed E-state index contributed by atoms with van der Waals surface area (Å²) in [7, 11) is 0. The molecule has 1 N–H and O–H groups in total. The van der Waals surface area contributed by atoms with E-state index in [2.05, 4.69) is 23.3 Å². The first kappa shape index (κ1) is 22.5. The number of nitrogens with one attached hydrogen (secondary N) is 1. The van der Waals surface area contributed by atoms with Gasteiger partial charge in [-0.25, -0.2) is 0 Å². The number of aryl methyl sites for hydroxylation is 1. The van der Waals surface area contributed by atoms with Crippen LogP contribution in [-0.2, 0) is 24.1 Å². The quantitative estimate of drug-likeness (QED) is 0.401. The molecule has 1 aliphatic rings. The zero-order chi connectivity index (χ0) is 24.2. The summed E-state index contributed by atoms with van der Waals surface area (Å²) in [6, 6.07) is 27.4. The minimum absolute atomic E-state index is 0.0307. The number of rotatable bonds is 6. The highest BCUT2D eigenvalue weighted by Gasteiger charge is 2.25. The predicted octanol–water partition coefficient (Wildman–Crippen LogP) is 5.70. The Hall–Kier alpha value is -4.25. The minimum atomic E-state index is -0.139. The van der Waals surface area contributed by atoms with E-state index in [1.807, 2.05) is 83.8 Å². The minimum Gasteiger partial charge on any atom is -0.322 e. The molecular formula is C30H27N3O2. The van der Waals surface area contributed by atoms with E-state index in [-0.39, 0.29) is 18.2 Å². The molecule has 5 heteroatoms. The third-order valence-electron chi connectivity index (χ3n) is 6.41. The Morgan fingerprint density at radius 2 is 1.77 bits per heavy atom. The Bertz CT molecular complexity index is 1370. The fourth-order valence-corrected chi connectivity index (χ4v) is 4.56. The van der Waals surface area contributed by atoms with Crippen LogP contribution in [0.25, 0.3) is 11.1 Å². The first-order chi connectivity index (χ1) is 17.1. The molecule has 35 heavy (non-hydrogen) atoms. The average Bonchev–Trinajstić information content (AvgIpc) is 3.33. The van der Waals surface area contributed by atoms with E-state index in [9.17, 15) is 9.59 Å². The summed E-state index contributed by atoms with van der Waals surface area (Å²) >= 11 is 0. The van der Waals surface area contributed by atoms with Crippen LogP contribution in [0.2, 0.25) is 0 Å². The van der Waals surface area contributed by atoms with Crippen molar-refractivity contribution in [1.29, 1.82) is 0 Å². The van der Waals surface area contributed by atoms with E-state index in [0.29, 0.717) is 12.1 Å². The van der Waals surface area contributed by atoms with Crippen molar-refractivity contribution in [3.63, 3.8) is 0 Å². The van der Waals surface area contributed by atoms with Gasteiger partial charge in [-0.05, 0) is 71.5 Å². The Kier molecular flexibility index (Phi) is 6.40. The molecule has 0 bridgehead atoms. The summed E-state index contributed by atoms with van der Waals surface area (Å²) in [5, 5.41) is 3.08. The molecule has 2 heterocycles. The van der Waals surface area contributed by atoms with E-state index in [1.165, 1.54) is 0 Å². The Balaban J connectivity index is 1.36. The molecule has 0 saturated heterocycles. The van der Waals surface area contributed by atoms with E-state index in [1.54, 1.807) is 6.20 Å². The topological polar surface area (TPSA) is 62.3 Å². The maximum atomic E-state index is 13.4. The van der Waals surface area contributed by atoms with Gasteiger partial charge < -0.3 is 10.2 Å². The number of hydrogen-bond donors (Lipinski definition) is 1. The first-order valence-electron chi connectivity index (χ1n) is 12.0. The molecule has 0 spiro atoms. The number of fused-ring (bicyclic) bond motifs is 1. The Morgan fingerprint density at radius 3 is 2.54 bits per heavy atom. The van der Waals surface area contributed by atoms with E-state index < -0.39 is 0 Å². The van der Waals surface area contributed by atoms with Gasteiger partial charge >= 0.3 is 0 Å². The third-order valence-corrected chi connectivity index (χ3v) is 6.41. The van der Waals surface area contributed by atoms with Crippen molar-refractivity contribution in [2.75, 3.05) is 16.8 Å². The van der Waals surface area contributed by atoms with Crippen LogP contribution >= 0.6 is 0 Å². The first-order valence-corrected chi connectivity index (χ1v) is 12.0. The number of pyridine rings is 1. The number of anilines is 2. The molecule has 5 nitrogen and oxygen atoms in total. The molecule has 0 atom stereocenters. The SMILES string of the molecule is CCc1ccc(-c2ccccc2)c(C(=O)Nc2ccc3c(c2)CCN3C(=O)Cc2ccccn2)c1. The number of amides is 2. The van der Waals surface area contributed by atoms with Crippen LogP contribution in [0.3, 0.4) is 0 Å². The lowest BCUT2D eigenvalue weighted by molar-refractivity contribution is -0.117. The van der Waals surface area contributed by atoms with Crippen LogP contribution in [-0.4, -0.2) is 23.3 Å².